The van der Waals surface area contributed by atoms with Crippen LogP contribution < -0.4 is 25.5 Å². The molecule has 2 aromatic rings. The number of phenolic OH excluding ortho intramolecular Hbond substituents is 1. The highest BCUT2D eigenvalue weighted by molar-refractivity contribution is 14.1. The summed E-state index contributed by atoms with van der Waals surface area (Å²) in [5.41, 5.74) is 4.30. The zero-order chi connectivity index (χ0) is 27.1. The first-order valence-electron chi connectivity index (χ1n) is 11.0. The third-order valence-corrected chi connectivity index (χ3v) is 6.60. The molecule has 37 heavy (non-hydrogen) atoms. The van der Waals surface area contributed by atoms with Crippen molar-refractivity contribution in [3.05, 3.63) is 59.9 Å². The van der Waals surface area contributed by atoms with Gasteiger partial charge in [-0.2, -0.15) is 5.10 Å². The molecule has 198 valence electrons. The number of carbonyl (C=O) groups is 2. The minimum atomic E-state index is -1.16. The lowest BCUT2D eigenvalue weighted by Gasteiger charge is -2.28. The molecular formula is C24H26I2N4O7. The van der Waals surface area contributed by atoms with Crippen LogP contribution in [0.4, 0.5) is 4.79 Å². The van der Waals surface area contributed by atoms with Gasteiger partial charge in [0.15, 0.2) is 17.7 Å². The van der Waals surface area contributed by atoms with Crippen LogP contribution in [0.1, 0.15) is 31.0 Å². The fourth-order valence-electron chi connectivity index (χ4n) is 3.50. The first-order chi connectivity index (χ1) is 17.6. The molecule has 0 spiro atoms. The number of hydrogen-bond acceptors (Lipinski definition) is 9. The second kappa shape index (κ2) is 13.1. The van der Waals surface area contributed by atoms with E-state index in [0.29, 0.717) is 38.5 Å². The number of aliphatic hydroxyl groups is 1. The lowest BCUT2D eigenvalue weighted by molar-refractivity contribution is -0.136. The Morgan fingerprint density at radius 2 is 2.00 bits per heavy atom. The summed E-state index contributed by atoms with van der Waals surface area (Å²) < 4.78 is 17.9. The van der Waals surface area contributed by atoms with Crippen molar-refractivity contribution < 1.29 is 34.0 Å². The van der Waals surface area contributed by atoms with Gasteiger partial charge in [-0.25, -0.2) is 9.59 Å². The maximum absolute atomic E-state index is 12.4. The van der Waals surface area contributed by atoms with E-state index in [1.165, 1.54) is 13.3 Å². The normalized spacial score (nSPS) is 16.2. The number of hydrazone groups is 1. The number of urea groups is 1. The molecule has 0 unspecified atom stereocenters. The molecule has 2 atom stereocenters. The lowest BCUT2D eigenvalue weighted by atomic mass is 9.95. The van der Waals surface area contributed by atoms with Crippen LogP contribution in [0.5, 0.6) is 17.2 Å². The number of benzene rings is 2. The van der Waals surface area contributed by atoms with Crippen LogP contribution in [-0.2, 0) is 9.53 Å². The van der Waals surface area contributed by atoms with Crippen LogP contribution in [0.25, 0.3) is 0 Å². The third kappa shape index (κ3) is 7.38. The average molecular weight is 736 g/mol. The number of aliphatic hydroxyl groups excluding tert-OH is 1. The van der Waals surface area contributed by atoms with Crippen LogP contribution in [0, 0.1) is 7.14 Å². The van der Waals surface area contributed by atoms with Crippen molar-refractivity contribution in [2.24, 2.45) is 5.10 Å². The number of amides is 2. The highest BCUT2D eigenvalue weighted by Crippen LogP contribution is 2.35. The largest absolute Gasteiger partial charge is 0.506 e. The van der Waals surface area contributed by atoms with Gasteiger partial charge in [-0.15, -0.1) is 0 Å². The van der Waals surface area contributed by atoms with Crippen LogP contribution >= 0.6 is 45.2 Å². The van der Waals surface area contributed by atoms with Crippen molar-refractivity contribution >= 4 is 63.4 Å². The number of methoxy groups -OCH3 is 1. The van der Waals surface area contributed by atoms with E-state index in [2.05, 4.69) is 43.8 Å². The summed E-state index contributed by atoms with van der Waals surface area (Å²) in [6, 6.07) is 7.36. The average Bonchev–Trinajstić information content (AvgIpc) is 2.85. The molecule has 1 aliphatic heterocycles. The SMILES string of the molecule is CCOc1cc([C@@H]2NC(=O)NC(C)=C2C(=O)OC)ccc1OC[C@H](O)N/N=C\c1cc(I)cc(I)c1O. The molecule has 0 saturated heterocycles. The van der Waals surface area contributed by atoms with Crippen molar-refractivity contribution in [3.63, 3.8) is 0 Å². The summed E-state index contributed by atoms with van der Waals surface area (Å²) in [6.07, 6.45) is 0.250. The molecule has 2 aromatic carbocycles. The van der Waals surface area contributed by atoms with E-state index in [9.17, 15) is 19.8 Å². The van der Waals surface area contributed by atoms with Gasteiger partial charge in [-0.3, -0.25) is 5.43 Å². The molecule has 3 rings (SSSR count). The fraction of sp³-hybridized carbons (Fsp3) is 0.292. The maximum Gasteiger partial charge on any atom is 0.337 e. The lowest BCUT2D eigenvalue weighted by Crippen LogP contribution is -2.45. The van der Waals surface area contributed by atoms with E-state index >= 15 is 0 Å². The second-order valence-corrected chi connectivity index (χ2v) is 10.1. The van der Waals surface area contributed by atoms with Crippen molar-refractivity contribution in [2.75, 3.05) is 20.3 Å². The van der Waals surface area contributed by atoms with Gasteiger partial charge < -0.3 is 35.1 Å². The summed E-state index contributed by atoms with van der Waals surface area (Å²) in [5.74, 6) is 0.241. The quantitative estimate of drug-likeness (QED) is 0.0822. The first kappa shape index (κ1) is 28.8. The number of hydrogen-bond donors (Lipinski definition) is 5. The Hall–Kier alpha value is -2.79. The van der Waals surface area contributed by atoms with Gasteiger partial charge in [-0.1, -0.05) is 6.07 Å². The predicted molar refractivity (Wildman–Crippen MR) is 153 cm³/mol. The number of phenols is 1. The molecule has 13 heteroatoms. The highest BCUT2D eigenvalue weighted by Gasteiger charge is 2.32. The standard InChI is InChI=1S/C24H26I2N4O7/c1-4-36-18-8-13(21-20(23(33)35-3)12(2)28-24(34)29-21)5-6-17(18)37-11-19(31)30-27-10-14-7-15(25)9-16(26)22(14)32/h5-10,19,21,30-32H,4,11H2,1-3H3,(H2,28,29,34)/b27-10-/t19-,21-/m0/s1. The second-order valence-electron chi connectivity index (χ2n) is 7.74. The molecule has 0 fully saturated rings. The molecule has 1 heterocycles. The van der Waals surface area contributed by atoms with Crippen molar-refractivity contribution in [2.45, 2.75) is 26.1 Å². The fourth-order valence-corrected chi connectivity index (χ4v) is 5.39. The van der Waals surface area contributed by atoms with Gasteiger partial charge in [0.2, 0.25) is 0 Å². The van der Waals surface area contributed by atoms with Gasteiger partial charge in [0.05, 0.1) is 35.1 Å². The smallest absolute Gasteiger partial charge is 0.337 e. The highest BCUT2D eigenvalue weighted by atomic mass is 127. The van der Waals surface area contributed by atoms with Gasteiger partial charge in [0, 0.05) is 14.8 Å². The van der Waals surface area contributed by atoms with E-state index in [-0.39, 0.29) is 17.9 Å². The zero-order valence-electron chi connectivity index (χ0n) is 20.2. The molecule has 0 saturated carbocycles. The summed E-state index contributed by atoms with van der Waals surface area (Å²) in [4.78, 5) is 24.4. The number of carbonyl (C=O) groups excluding carboxylic acids is 2. The monoisotopic (exact) mass is 736 g/mol. The van der Waals surface area contributed by atoms with E-state index in [4.69, 9.17) is 14.2 Å². The number of rotatable bonds is 10. The van der Waals surface area contributed by atoms with Crippen LogP contribution in [0.2, 0.25) is 0 Å². The van der Waals surface area contributed by atoms with Crippen molar-refractivity contribution in [3.8, 4) is 17.2 Å². The van der Waals surface area contributed by atoms with Crippen LogP contribution in [0.3, 0.4) is 0 Å². The Kier molecular flexibility index (Phi) is 10.2. The topological polar surface area (TPSA) is 151 Å². The van der Waals surface area contributed by atoms with E-state index in [1.807, 2.05) is 28.7 Å². The zero-order valence-corrected chi connectivity index (χ0v) is 24.5. The Bertz CT molecular complexity index is 1240. The Morgan fingerprint density at radius 1 is 1.24 bits per heavy atom. The number of nitrogens with one attached hydrogen (secondary N) is 3. The third-order valence-electron chi connectivity index (χ3n) is 5.16. The predicted octanol–water partition coefficient (Wildman–Crippen LogP) is 3.12. The van der Waals surface area contributed by atoms with E-state index in [1.54, 1.807) is 38.1 Å². The molecule has 0 bridgehead atoms. The Balaban J connectivity index is 1.72. The van der Waals surface area contributed by atoms with Gasteiger partial charge in [0.25, 0.3) is 0 Å². The van der Waals surface area contributed by atoms with E-state index in [0.717, 1.165) is 3.57 Å². The number of nitrogens with zero attached hydrogens (tertiary/aromatic N) is 1. The number of allylic oxidation sites excluding steroid dienone is 1. The number of esters is 1. The number of aromatic hydroxyl groups is 1. The molecule has 0 radical (unpaired) electrons. The first-order valence-corrected chi connectivity index (χ1v) is 13.2. The molecule has 1 aliphatic rings. The van der Waals surface area contributed by atoms with Gasteiger partial charge in [0.1, 0.15) is 12.4 Å². The number of halogens is 2. The molecule has 5 N–H and O–H groups in total. The summed E-state index contributed by atoms with van der Waals surface area (Å²) in [6.45, 7) is 3.60. The minimum absolute atomic E-state index is 0.101. The molecule has 11 nitrogen and oxygen atoms in total. The van der Waals surface area contributed by atoms with Gasteiger partial charge >= 0.3 is 12.0 Å². The molecular weight excluding hydrogens is 710 g/mol. The molecule has 2 amide bonds. The Morgan fingerprint density at radius 3 is 2.70 bits per heavy atom. The number of ether oxygens (including phenoxy) is 3. The van der Waals surface area contributed by atoms with E-state index < -0.39 is 24.3 Å². The van der Waals surface area contributed by atoms with Gasteiger partial charge in [-0.05, 0) is 88.9 Å². The maximum atomic E-state index is 12.4. The summed E-state index contributed by atoms with van der Waals surface area (Å²) >= 11 is 4.17. The van der Waals surface area contributed by atoms with Crippen molar-refractivity contribution in [1.29, 1.82) is 0 Å². The Labute approximate surface area is 240 Å². The minimum Gasteiger partial charge on any atom is -0.506 e. The van der Waals surface area contributed by atoms with Crippen LogP contribution in [0.15, 0.2) is 46.7 Å². The van der Waals surface area contributed by atoms with Crippen molar-refractivity contribution in [1.82, 2.24) is 16.1 Å². The summed E-state index contributed by atoms with van der Waals surface area (Å²) in [5, 5.41) is 29.7. The molecule has 0 aromatic heterocycles. The van der Waals surface area contributed by atoms with Crippen LogP contribution in [-0.4, -0.2) is 55.0 Å². The summed E-state index contributed by atoms with van der Waals surface area (Å²) in [7, 11) is 1.27. The molecule has 0 aliphatic carbocycles.